The molecule has 136 valence electrons. The van der Waals surface area contributed by atoms with E-state index in [9.17, 15) is 14.9 Å². The number of hydrogen-bond donors (Lipinski definition) is 0. The summed E-state index contributed by atoms with van der Waals surface area (Å²) >= 11 is 0. The fraction of sp³-hybridized carbons (Fsp3) is 0.316. The average Bonchev–Trinajstić information content (AvgIpc) is 2.68. The molecule has 1 saturated heterocycles. The van der Waals surface area contributed by atoms with Gasteiger partial charge in [-0.25, -0.2) is 0 Å². The molecule has 0 bridgehead atoms. The lowest BCUT2D eigenvalue weighted by atomic mass is 10.2. The molecule has 7 heteroatoms. The van der Waals surface area contributed by atoms with E-state index in [0.29, 0.717) is 13.1 Å². The highest BCUT2D eigenvalue weighted by Gasteiger charge is 2.27. The standard InChI is InChI=1S/C19H21N3O4/c1-15(26-18-10-6-5-9-17(18)22(24)25)19(23)21-13-11-20(12-14-21)16-7-3-2-4-8-16/h2-10,15H,11-14H2,1H3. The van der Waals surface area contributed by atoms with E-state index in [1.807, 2.05) is 18.2 Å². The SMILES string of the molecule is CC(Oc1ccccc1[N+](=O)[O-])C(=O)N1CCN(c2ccccc2)CC1. The molecule has 3 rings (SSSR count). The summed E-state index contributed by atoms with van der Waals surface area (Å²) in [5.74, 6) is -0.0443. The molecule has 2 aromatic carbocycles. The second kappa shape index (κ2) is 7.86. The van der Waals surface area contributed by atoms with Crippen LogP contribution in [0.5, 0.6) is 5.75 Å². The van der Waals surface area contributed by atoms with Gasteiger partial charge in [0.2, 0.25) is 0 Å². The van der Waals surface area contributed by atoms with Gasteiger partial charge in [0.15, 0.2) is 11.9 Å². The monoisotopic (exact) mass is 355 g/mol. The maximum atomic E-state index is 12.6. The molecule has 1 aliphatic heterocycles. The van der Waals surface area contributed by atoms with Crippen molar-refractivity contribution in [3.63, 3.8) is 0 Å². The zero-order chi connectivity index (χ0) is 18.5. The molecular weight excluding hydrogens is 334 g/mol. The summed E-state index contributed by atoms with van der Waals surface area (Å²) in [4.78, 5) is 27.2. The maximum absolute atomic E-state index is 12.6. The summed E-state index contributed by atoms with van der Waals surface area (Å²) in [5, 5.41) is 11.1. The van der Waals surface area contributed by atoms with Gasteiger partial charge in [-0.3, -0.25) is 14.9 Å². The van der Waals surface area contributed by atoms with Crippen molar-refractivity contribution >= 4 is 17.3 Å². The fourth-order valence-corrected chi connectivity index (χ4v) is 3.03. The van der Waals surface area contributed by atoms with Crippen LogP contribution in [0.25, 0.3) is 0 Å². The van der Waals surface area contributed by atoms with Crippen LogP contribution in [0.4, 0.5) is 11.4 Å². The summed E-state index contributed by atoms with van der Waals surface area (Å²) in [6.45, 7) is 4.31. The van der Waals surface area contributed by atoms with Gasteiger partial charge in [0.05, 0.1) is 4.92 Å². The van der Waals surface area contributed by atoms with Gasteiger partial charge in [-0.15, -0.1) is 0 Å². The third kappa shape index (κ3) is 3.93. The molecule has 0 saturated carbocycles. The van der Waals surface area contributed by atoms with E-state index in [0.717, 1.165) is 18.8 Å². The molecule has 1 atom stereocenters. The number of para-hydroxylation sites is 3. The lowest BCUT2D eigenvalue weighted by molar-refractivity contribution is -0.386. The van der Waals surface area contributed by atoms with Gasteiger partial charge in [0.25, 0.3) is 5.91 Å². The van der Waals surface area contributed by atoms with Crippen LogP contribution in [-0.2, 0) is 4.79 Å². The Bertz CT molecular complexity index is 773. The summed E-state index contributed by atoms with van der Waals surface area (Å²) in [6, 6.07) is 16.2. The van der Waals surface area contributed by atoms with Crippen molar-refractivity contribution in [2.24, 2.45) is 0 Å². The molecule has 1 heterocycles. The number of piperazine rings is 1. The summed E-state index contributed by atoms with van der Waals surface area (Å²) in [5.41, 5.74) is 1.00. The normalized spacial score (nSPS) is 15.4. The topological polar surface area (TPSA) is 75.9 Å². The van der Waals surface area contributed by atoms with Crippen molar-refractivity contribution in [1.82, 2.24) is 4.90 Å². The molecular formula is C19H21N3O4. The third-order valence-corrected chi connectivity index (χ3v) is 4.43. The van der Waals surface area contributed by atoms with Gasteiger partial charge in [-0.05, 0) is 25.1 Å². The molecule has 0 aliphatic carbocycles. The van der Waals surface area contributed by atoms with Crippen LogP contribution < -0.4 is 9.64 Å². The summed E-state index contributed by atoms with van der Waals surface area (Å²) in [6.07, 6.45) is -0.778. The predicted molar refractivity (Wildman–Crippen MR) is 98.4 cm³/mol. The van der Waals surface area contributed by atoms with Crippen LogP contribution in [0.1, 0.15) is 6.92 Å². The van der Waals surface area contributed by atoms with Crippen molar-refractivity contribution in [3.8, 4) is 5.75 Å². The minimum Gasteiger partial charge on any atom is -0.474 e. The van der Waals surface area contributed by atoms with Crippen molar-refractivity contribution < 1.29 is 14.5 Å². The van der Waals surface area contributed by atoms with Crippen molar-refractivity contribution in [2.45, 2.75) is 13.0 Å². The number of rotatable bonds is 5. The first-order valence-corrected chi connectivity index (χ1v) is 8.55. The van der Waals surface area contributed by atoms with Crippen LogP contribution >= 0.6 is 0 Å². The zero-order valence-electron chi connectivity index (χ0n) is 14.6. The molecule has 0 aromatic heterocycles. The van der Waals surface area contributed by atoms with Gasteiger partial charge in [-0.2, -0.15) is 0 Å². The molecule has 1 amide bonds. The molecule has 26 heavy (non-hydrogen) atoms. The Morgan fingerprint density at radius 2 is 1.65 bits per heavy atom. The third-order valence-electron chi connectivity index (χ3n) is 4.43. The number of nitro groups is 1. The summed E-state index contributed by atoms with van der Waals surface area (Å²) in [7, 11) is 0. The van der Waals surface area contributed by atoms with Crippen LogP contribution in [-0.4, -0.2) is 48.0 Å². The molecule has 0 N–H and O–H groups in total. The van der Waals surface area contributed by atoms with E-state index in [1.54, 1.807) is 24.0 Å². The molecule has 7 nitrogen and oxygen atoms in total. The lowest BCUT2D eigenvalue weighted by Crippen LogP contribution is -2.52. The number of nitro benzene ring substituents is 1. The number of carbonyl (C=O) groups is 1. The van der Waals surface area contributed by atoms with Gasteiger partial charge in [-0.1, -0.05) is 30.3 Å². The Kier molecular flexibility index (Phi) is 5.36. The Hall–Kier alpha value is -3.09. The van der Waals surface area contributed by atoms with Crippen LogP contribution in [0, 0.1) is 10.1 Å². The Labute approximate surface area is 151 Å². The Morgan fingerprint density at radius 1 is 1.04 bits per heavy atom. The Balaban J connectivity index is 1.59. The van der Waals surface area contributed by atoms with Crippen molar-refractivity contribution in [3.05, 3.63) is 64.7 Å². The maximum Gasteiger partial charge on any atom is 0.310 e. The minimum absolute atomic E-state index is 0.112. The molecule has 1 aliphatic rings. The number of amides is 1. The van der Waals surface area contributed by atoms with Gasteiger partial charge in [0, 0.05) is 37.9 Å². The van der Waals surface area contributed by atoms with E-state index < -0.39 is 11.0 Å². The highest BCUT2D eigenvalue weighted by molar-refractivity contribution is 5.81. The number of anilines is 1. The highest BCUT2D eigenvalue weighted by atomic mass is 16.6. The zero-order valence-corrected chi connectivity index (χ0v) is 14.6. The molecule has 1 unspecified atom stereocenters. The van der Waals surface area contributed by atoms with Crippen LogP contribution in [0.2, 0.25) is 0 Å². The predicted octanol–water partition coefficient (Wildman–Crippen LogP) is 2.71. The molecule has 1 fully saturated rings. The van der Waals surface area contributed by atoms with Crippen LogP contribution in [0.3, 0.4) is 0 Å². The molecule has 0 radical (unpaired) electrons. The van der Waals surface area contributed by atoms with Gasteiger partial charge in [0.1, 0.15) is 0 Å². The van der Waals surface area contributed by atoms with E-state index in [1.165, 1.54) is 12.1 Å². The molecule has 2 aromatic rings. The number of benzene rings is 2. The van der Waals surface area contributed by atoms with Crippen LogP contribution in [0.15, 0.2) is 54.6 Å². The largest absolute Gasteiger partial charge is 0.474 e. The van der Waals surface area contributed by atoms with Gasteiger partial charge >= 0.3 is 5.69 Å². The Morgan fingerprint density at radius 3 is 2.31 bits per heavy atom. The number of ether oxygens (including phenoxy) is 1. The van der Waals surface area contributed by atoms with E-state index in [2.05, 4.69) is 17.0 Å². The van der Waals surface area contributed by atoms with E-state index in [-0.39, 0.29) is 17.3 Å². The van der Waals surface area contributed by atoms with E-state index in [4.69, 9.17) is 4.74 Å². The number of nitrogens with zero attached hydrogens (tertiary/aromatic N) is 3. The highest BCUT2D eigenvalue weighted by Crippen LogP contribution is 2.27. The fourth-order valence-electron chi connectivity index (χ4n) is 3.03. The number of hydrogen-bond acceptors (Lipinski definition) is 5. The van der Waals surface area contributed by atoms with E-state index >= 15 is 0 Å². The van der Waals surface area contributed by atoms with Crippen molar-refractivity contribution in [1.29, 1.82) is 0 Å². The molecule has 0 spiro atoms. The van der Waals surface area contributed by atoms with Gasteiger partial charge < -0.3 is 14.5 Å². The minimum atomic E-state index is -0.778. The summed E-state index contributed by atoms with van der Waals surface area (Å²) < 4.78 is 5.59. The second-order valence-corrected chi connectivity index (χ2v) is 6.13. The van der Waals surface area contributed by atoms with Crippen molar-refractivity contribution in [2.75, 3.05) is 31.1 Å². The number of carbonyl (C=O) groups excluding carboxylic acids is 1. The first-order valence-electron chi connectivity index (χ1n) is 8.55. The quantitative estimate of drug-likeness (QED) is 0.609. The lowest BCUT2D eigenvalue weighted by Gasteiger charge is -2.37. The smallest absolute Gasteiger partial charge is 0.310 e. The average molecular weight is 355 g/mol. The first-order chi connectivity index (χ1) is 12.6. The second-order valence-electron chi connectivity index (χ2n) is 6.13. The first kappa shape index (κ1) is 17.7.